The molecule has 1 saturated carbocycles. The van der Waals surface area contributed by atoms with Gasteiger partial charge in [0.1, 0.15) is 0 Å². The van der Waals surface area contributed by atoms with E-state index in [1.807, 2.05) is 4.90 Å². The lowest BCUT2D eigenvalue weighted by Gasteiger charge is -2.23. The predicted molar refractivity (Wildman–Crippen MR) is 79.2 cm³/mol. The zero-order chi connectivity index (χ0) is 15.0. The van der Waals surface area contributed by atoms with Gasteiger partial charge in [-0.15, -0.1) is 0 Å². The van der Waals surface area contributed by atoms with Crippen LogP contribution in [0.25, 0.3) is 0 Å². The molecule has 2 heterocycles. The number of hydrogen-bond donors (Lipinski definition) is 2. The first-order valence-electron chi connectivity index (χ1n) is 8.08. The van der Waals surface area contributed by atoms with Crippen molar-refractivity contribution in [3.8, 4) is 0 Å². The van der Waals surface area contributed by atoms with Crippen molar-refractivity contribution in [1.29, 1.82) is 0 Å². The molecule has 2 unspecified atom stereocenters. The summed E-state index contributed by atoms with van der Waals surface area (Å²) in [5.41, 5.74) is 5.92. The first-order valence-corrected chi connectivity index (χ1v) is 8.08. The molecule has 0 aromatic heterocycles. The number of nitrogens with one attached hydrogen (secondary N) is 1. The molecule has 0 radical (unpaired) electrons. The van der Waals surface area contributed by atoms with Crippen molar-refractivity contribution >= 4 is 11.8 Å². The van der Waals surface area contributed by atoms with Crippen molar-refractivity contribution < 1.29 is 9.59 Å². The van der Waals surface area contributed by atoms with Gasteiger partial charge in [0.2, 0.25) is 11.8 Å². The Morgan fingerprint density at radius 3 is 2.43 bits per heavy atom. The average molecular weight is 294 g/mol. The lowest BCUT2D eigenvalue weighted by molar-refractivity contribution is -0.131. The SMILES string of the molecule is CC(=O)N1C[C@H]2CC(NCC(=O)N3CCCC3N)C[C@H]2C1. The number of fused-ring (bicyclic) bond motifs is 1. The molecule has 0 aromatic carbocycles. The van der Waals surface area contributed by atoms with Crippen molar-refractivity contribution in [2.45, 2.75) is 44.8 Å². The summed E-state index contributed by atoms with van der Waals surface area (Å²) in [7, 11) is 0. The Kier molecular flexibility index (Phi) is 4.17. The molecule has 2 amide bonds. The molecular formula is C15H26N4O2. The Hall–Kier alpha value is -1.14. The molecule has 3 aliphatic rings. The van der Waals surface area contributed by atoms with Crippen LogP contribution in [0.2, 0.25) is 0 Å². The molecule has 3 fully saturated rings. The molecule has 3 N–H and O–H groups in total. The van der Waals surface area contributed by atoms with Crippen LogP contribution in [0.15, 0.2) is 0 Å². The first-order chi connectivity index (χ1) is 10.0. The van der Waals surface area contributed by atoms with E-state index < -0.39 is 0 Å². The first kappa shape index (κ1) is 14.8. The van der Waals surface area contributed by atoms with Crippen molar-refractivity contribution in [3.05, 3.63) is 0 Å². The van der Waals surface area contributed by atoms with Crippen LogP contribution in [0.3, 0.4) is 0 Å². The van der Waals surface area contributed by atoms with Crippen LogP contribution in [0, 0.1) is 11.8 Å². The monoisotopic (exact) mass is 294 g/mol. The maximum atomic E-state index is 12.1. The molecule has 0 bridgehead atoms. The molecule has 3 rings (SSSR count). The third-order valence-electron chi connectivity index (χ3n) is 5.36. The maximum absolute atomic E-state index is 12.1. The lowest BCUT2D eigenvalue weighted by atomic mass is 10.0. The molecule has 0 aromatic rings. The van der Waals surface area contributed by atoms with Gasteiger partial charge in [0.05, 0.1) is 12.7 Å². The van der Waals surface area contributed by atoms with E-state index in [-0.39, 0.29) is 18.0 Å². The van der Waals surface area contributed by atoms with E-state index in [1.54, 1.807) is 11.8 Å². The molecule has 21 heavy (non-hydrogen) atoms. The van der Waals surface area contributed by atoms with Crippen LogP contribution < -0.4 is 11.1 Å². The van der Waals surface area contributed by atoms with E-state index in [1.165, 1.54) is 0 Å². The number of nitrogens with zero attached hydrogens (tertiary/aromatic N) is 2. The summed E-state index contributed by atoms with van der Waals surface area (Å²) in [6.07, 6.45) is 4.00. The minimum absolute atomic E-state index is 0.0913. The van der Waals surface area contributed by atoms with Gasteiger partial charge < -0.3 is 20.9 Å². The second-order valence-corrected chi connectivity index (χ2v) is 6.79. The Balaban J connectivity index is 1.42. The van der Waals surface area contributed by atoms with E-state index in [0.29, 0.717) is 24.4 Å². The number of nitrogens with two attached hydrogens (primary N) is 1. The minimum atomic E-state index is -0.0913. The van der Waals surface area contributed by atoms with Crippen molar-refractivity contribution in [3.63, 3.8) is 0 Å². The van der Waals surface area contributed by atoms with Gasteiger partial charge in [-0.25, -0.2) is 0 Å². The summed E-state index contributed by atoms with van der Waals surface area (Å²) in [5, 5.41) is 3.40. The fourth-order valence-corrected chi connectivity index (χ4v) is 4.16. The Morgan fingerprint density at radius 1 is 1.24 bits per heavy atom. The molecule has 4 atom stereocenters. The largest absolute Gasteiger partial charge is 0.342 e. The van der Waals surface area contributed by atoms with Gasteiger partial charge in [-0.2, -0.15) is 0 Å². The van der Waals surface area contributed by atoms with Crippen molar-refractivity contribution in [2.24, 2.45) is 17.6 Å². The number of carbonyl (C=O) groups excluding carboxylic acids is 2. The zero-order valence-electron chi connectivity index (χ0n) is 12.8. The van der Waals surface area contributed by atoms with Crippen molar-refractivity contribution in [2.75, 3.05) is 26.2 Å². The second-order valence-electron chi connectivity index (χ2n) is 6.79. The predicted octanol–water partition coefficient (Wildman–Crippen LogP) is -0.260. The van der Waals surface area contributed by atoms with E-state index in [0.717, 1.165) is 45.3 Å². The summed E-state index contributed by atoms with van der Waals surface area (Å²) < 4.78 is 0. The summed E-state index contributed by atoms with van der Waals surface area (Å²) in [4.78, 5) is 27.3. The number of hydrogen-bond acceptors (Lipinski definition) is 4. The minimum Gasteiger partial charge on any atom is -0.342 e. The summed E-state index contributed by atoms with van der Waals surface area (Å²) in [6, 6.07) is 0.414. The van der Waals surface area contributed by atoms with E-state index in [2.05, 4.69) is 5.32 Å². The zero-order valence-corrected chi connectivity index (χ0v) is 12.8. The smallest absolute Gasteiger partial charge is 0.237 e. The van der Waals surface area contributed by atoms with Gasteiger partial charge in [-0.3, -0.25) is 9.59 Å². The van der Waals surface area contributed by atoms with E-state index in [4.69, 9.17) is 5.73 Å². The average Bonchev–Trinajstić information content (AvgIpc) is 3.09. The van der Waals surface area contributed by atoms with Gasteiger partial charge in [0.15, 0.2) is 0 Å². The van der Waals surface area contributed by atoms with Gasteiger partial charge in [0.25, 0.3) is 0 Å². The van der Waals surface area contributed by atoms with Crippen LogP contribution in [-0.2, 0) is 9.59 Å². The van der Waals surface area contributed by atoms with Crippen LogP contribution in [0.5, 0.6) is 0 Å². The highest BCUT2D eigenvalue weighted by Crippen LogP contribution is 2.38. The molecule has 6 nitrogen and oxygen atoms in total. The highest BCUT2D eigenvalue weighted by molar-refractivity contribution is 5.78. The lowest BCUT2D eigenvalue weighted by Crippen LogP contribution is -2.46. The van der Waals surface area contributed by atoms with Crippen molar-refractivity contribution in [1.82, 2.24) is 15.1 Å². The number of carbonyl (C=O) groups is 2. The summed E-state index contributed by atoms with van der Waals surface area (Å²) in [6.45, 7) is 4.63. The van der Waals surface area contributed by atoms with E-state index in [9.17, 15) is 9.59 Å². The highest BCUT2D eigenvalue weighted by atomic mass is 16.2. The fraction of sp³-hybridized carbons (Fsp3) is 0.867. The Labute approximate surface area is 126 Å². The summed E-state index contributed by atoms with van der Waals surface area (Å²) >= 11 is 0. The number of rotatable bonds is 3. The quantitative estimate of drug-likeness (QED) is 0.752. The van der Waals surface area contributed by atoms with Gasteiger partial charge in [0, 0.05) is 32.6 Å². The second kappa shape index (κ2) is 5.93. The molecule has 2 aliphatic heterocycles. The van der Waals surface area contributed by atoms with Gasteiger partial charge in [-0.05, 0) is 37.5 Å². The molecular weight excluding hydrogens is 268 g/mol. The van der Waals surface area contributed by atoms with Crippen LogP contribution >= 0.6 is 0 Å². The van der Waals surface area contributed by atoms with E-state index >= 15 is 0 Å². The standard InChI is InChI=1S/C15H26N4O2/c1-10(20)18-8-11-5-13(6-12(11)9-18)17-7-15(21)19-4-2-3-14(19)16/h11-14,17H,2-9,16H2,1H3/t11-,12+,13?,14?. The number of amides is 2. The summed E-state index contributed by atoms with van der Waals surface area (Å²) in [5.74, 6) is 1.53. The van der Waals surface area contributed by atoms with Gasteiger partial charge in [-0.1, -0.05) is 0 Å². The third kappa shape index (κ3) is 3.06. The Bertz CT molecular complexity index is 414. The molecule has 2 saturated heterocycles. The maximum Gasteiger partial charge on any atom is 0.237 e. The van der Waals surface area contributed by atoms with Crippen LogP contribution in [0.1, 0.15) is 32.6 Å². The third-order valence-corrected chi connectivity index (χ3v) is 5.36. The van der Waals surface area contributed by atoms with Gasteiger partial charge >= 0.3 is 0 Å². The molecule has 1 aliphatic carbocycles. The topological polar surface area (TPSA) is 78.7 Å². The Morgan fingerprint density at radius 2 is 1.90 bits per heavy atom. The number of likely N-dealkylation sites (tertiary alicyclic amines) is 2. The van der Waals surface area contributed by atoms with Crippen LogP contribution in [-0.4, -0.2) is 60.0 Å². The molecule has 6 heteroatoms. The van der Waals surface area contributed by atoms with Crippen LogP contribution in [0.4, 0.5) is 0 Å². The fourth-order valence-electron chi connectivity index (χ4n) is 4.16. The normalized spacial score (nSPS) is 35.3. The molecule has 0 spiro atoms. The highest BCUT2D eigenvalue weighted by Gasteiger charge is 2.41. The molecule has 118 valence electrons.